The summed E-state index contributed by atoms with van der Waals surface area (Å²) in [6.07, 6.45) is 2.57. The Morgan fingerprint density at radius 3 is 2.56 bits per heavy atom. The third-order valence-corrected chi connectivity index (χ3v) is 3.59. The minimum Gasteiger partial charge on any atom is -0.481 e. The molecule has 0 aromatic carbocycles. The largest absolute Gasteiger partial charge is 0.481 e. The van der Waals surface area contributed by atoms with Gasteiger partial charge in [-0.15, -0.1) is 0 Å². The molecule has 18 heavy (non-hydrogen) atoms. The zero-order valence-corrected chi connectivity index (χ0v) is 11.5. The lowest BCUT2D eigenvalue weighted by Gasteiger charge is -2.30. The maximum Gasteiger partial charge on any atom is 0.220 e. The normalized spacial score (nSPS) is 17.7. The lowest BCUT2D eigenvalue weighted by molar-refractivity contribution is 0.183. The summed E-state index contributed by atoms with van der Waals surface area (Å²) in [5, 5.41) is 0. The van der Waals surface area contributed by atoms with Gasteiger partial charge in [-0.3, -0.25) is 4.90 Å². The van der Waals surface area contributed by atoms with Gasteiger partial charge in [-0.05, 0) is 37.9 Å². The van der Waals surface area contributed by atoms with Crippen molar-refractivity contribution in [3.05, 3.63) is 17.7 Å². The lowest BCUT2D eigenvalue weighted by Crippen LogP contribution is -2.32. The molecular weight excluding hydrogens is 228 g/mol. The molecule has 2 rings (SSSR count). The highest BCUT2D eigenvalue weighted by molar-refractivity contribution is 5.30. The Hall–Kier alpha value is -1.29. The molecule has 1 fully saturated rings. The average Bonchev–Trinajstić information content (AvgIpc) is 2.41. The van der Waals surface area contributed by atoms with Crippen LogP contribution in [0.2, 0.25) is 0 Å². The van der Waals surface area contributed by atoms with Crippen LogP contribution in [-0.4, -0.2) is 37.2 Å². The van der Waals surface area contributed by atoms with Gasteiger partial charge < -0.3 is 9.47 Å². The first-order chi connectivity index (χ1) is 8.72. The van der Waals surface area contributed by atoms with Crippen molar-refractivity contribution in [2.24, 2.45) is 5.92 Å². The molecule has 4 heteroatoms. The number of piperidine rings is 1. The van der Waals surface area contributed by atoms with Gasteiger partial charge >= 0.3 is 0 Å². The van der Waals surface area contributed by atoms with Gasteiger partial charge in [0.2, 0.25) is 11.8 Å². The molecule has 0 amide bonds. The average molecular weight is 250 g/mol. The number of hydrogen-bond acceptors (Lipinski definition) is 4. The number of likely N-dealkylation sites (tertiary alicyclic amines) is 1. The van der Waals surface area contributed by atoms with Gasteiger partial charge in [0.15, 0.2) is 0 Å². The second kappa shape index (κ2) is 6.05. The molecule has 1 aromatic rings. The smallest absolute Gasteiger partial charge is 0.220 e. The highest BCUT2D eigenvalue weighted by Gasteiger charge is 2.17. The first-order valence-electron chi connectivity index (χ1n) is 6.53. The zero-order chi connectivity index (χ0) is 13.0. The first kappa shape index (κ1) is 13.1. The standard InChI is InChI=1S/C14H22N2O2/c1-11-6-8-16(9-7-11)10-12-4-5-13(17-2)15-14(12)18-3/h4-5,11H,6-10H2,1-3H3. The molecule has 0 atom stereocenters. The Morgan fingerprint density at radius 2 is 1.94 bits per heavy atom. The fraction of sp³-hybridized carbons (Fsp3) is 0.643. The predicted molar refractivity (Wildman–Crippen MR) is 71.0 cm³/mol. The van der Waals surface area contributed by atoms with Crippen LogP contribution in [0.3, 0.4) is 0 Å². The zero-order valence-electron chi connectivity index (χ0n) is 11.5. The number of aromatic nitrogens is 1. The van der Waals surface area contributed by atoms with Crippen LogP contribution in [0.5, 0.6) is 11.8 Å². The van der Waals surface area contributed by atoms with Crippen LogP contribution in [0.1, 0.15) is 25.3 Å². The first-order valence-corrected chi connectivity index (χ1v) is 6.53. The number of methoxy groups -OCH3 is 2. The van der Waals surface area contributed by atoms with Crippen LogP contribution in [0.4, 0.5) is 0 Å². The van der Waals surface area contributed by atoms with Gasteiger partial charge in [-0.25, -0.2) is 0 Å². The van der Waals surface area contributed by atoms with Gasteiger partial charge in [0, 0.05) is 18.2 Å². The molecule has 1 aromatic heterocycles. The van der Waals surface area contributed by atoms with E-state index in [0.717, 1.165) is 31.1 Å². The molecule has 0 radical (unpaired) electrons. The fourth-order valence-electron chi connectivity index (χ4n) is 2.32. The third-order valence-electron chi connectivity index (χ3n) is 3.59. The summed E-state index contributed by atoms with van der Waals surface area (Å²) in [4.78, 5) is 6.78. The van der Waals surface area contributed by atoms with Gasteiger partial charge in [0.05, 0.1) is 14.2 Å². The van der Waals surface area contributed by atoms with Crippen LogP contribution in [-0.2, 0) is 6.54 Å². The Kier molecular flexibility index (Phi) is 4.42. The number of hydrogen-bond donors (Lipinski definition) is 0. The molecule has 0 saturated carbocycles. The van der Waals surface area contributed by atoms with E-state index in [0.29, 0.717) is 11.8 Å². The number of nitrogens with zero attached hydrogens (tertiary/aromatic N) is 2. The number of rotatable bonds is 4. The van der Waals surface area contributed by atoms with Gasteiger partial charge in [-0.2, -0.15) is 4.98 Å². The molecule has 0 aliphatic carbocycles. The van der Waals surface area contributed by atoms with Crippen LogP contribution < -0.4 is 9.47 Å². The van der Waals surface area contributed by atoms with E-state index < -0.39 is 0 Å². The summed E-state index contributed by atoms with van der Waals surface area (Å²) in [5.41, 5.74) is 1.13. The summed E-state index contributed by atoms with van der Waals surface area (Å²) >= 11 is 0. The summed E-state index contributed by atoms with van der Waals surface area (Å²) in [5.74, 6) is 2.13. The minimum absolute atomic E-state index is 0.600. The number of ether oxygens (including phenoxy) is 2. The Morgan fingerprint density at radius 1 is 1.22 bits per heavy atom. The van der Waals surface area contributed by atoms with E-state index in [1.54, 1.807) is 14.2 Å². The van der Waals surface area contributed by atoms with Crippen molar-refractivity contribution in [3.8, 4) is 11.8 Å². The Labute approximate surface area is 109 Å². The van der Waals surface area contributed by atoms with Crippen molar-refractivity contribution in [1.29, 1.82) is 0 Å². The minimum atomic E-state index is 0.600. The van der Waals surface area contributed by atoms with E-state index in [1.165, 1.54) is 12.8 Å². The Bertz CT molecular complexity index is 387. The second-order valence-electron chi connectivity index (χ2n) is 4.98. The Balaban J connectivity index is 2.04. The molecule has 0 spiro atoms. The molecule has 0 unspecified atom stereocenters. The fourth-order valence-corrected chi connectivity index (χ4v) is 2.32. The van der Waals surface area contributed by atoms with Crippen molar-refractivity contribution in [1.82, 2.24) is 9.88 Å². The van der Waals surface area contributed by atoms with Crippen molar-refractivity contribution in [3.63, 3.8) is 0 Å². The van der Waals surface area contributed by atoms with E-state index in [9.17, 15) is 0 Å². The number of pyridine rings is 1. The van der Waals surface area contributed by atoms with Gasteiger partial charge in [0.25, 0.3) is 0 Å². The van der Waals surface area contributed by atoms with Crippen LogP contribution >= 0.6 is 0 Å². The summed E-state index contributed by atoms with van der Waals surface area (Å²) in [7, 11) is 3.27. The molecule has 1 saturated heterocycles. The van der Waals surface area contributed by atoms with E-state index in [-0.39, 0.29) is 0 Å². The molecule has 0 bridgehead atoms. The second-order valence-corrected chi connectivity index (χ2v) is 4.98. The van der Waals surface area contributed by atoms with Crippen LogP contribution in [0.25, 0.3) is 0 Å². The maximum absolute atomic E-state index is 5.33. The van der Waals surface area contributed by atoms with E-state index in [4.69, 9.17) is 9.47 Å². The summed E-state index contributed by atoms with van der Waals surface area (Å²) in [6, 6.07) is 3.94. The van der Waals surface area contributed by atoms with Crippen molar-refractivity contribution in [2.75, 3.05) is 27.3 Å². The molecule has 1 aliphatic rings. The van der Waals surface area contributed by atoms with Crippen molar-refractivity contribution < 1.29 is 9.47 Å². The monoisotopic (exact) mass is 250 g/mol. The van der Waals surface area contributed by atoms with Gasteiger partial charge in [0.1, 0.15) is 0 Å². The van der Waals surface area contributed by atoms with Crippen molar-refractivity contribution >= 4 is 0 Å². The molecule has 0 N–H and O–H groups in total. The summed E-state index contributed by atoms with van der Waals surface area (Å²) < 4.78 is 10.4. The highest BCUT2D eigenvalue weighted by atomic mass is 16.5. The molecule has 1 aliphatic heterocycles. The molecular formula is C14H22N2O2. The predicted octanol–water partition coefficient (Wildman–Crippen LogP) is 2.33. The quantitative estimate of drug-likeness (QED) is 0.821. The SMILES string of the molecule is COc1ccc(CN2CCC(C)CC2)c(OC)n1. The van der Waals surface area contributed by atoms with Crippen molar-refractivity contribution in [2.45, 2.75) is 26.3 Å². The van der Waals surface area contributed by atoms with E-state index >= 15 is 0 Å². The molecule has 4 nitrogen and oxygen atoms in total. The topological polar surface area (TPSA) is 34.6 Å². The van der Waals surface area contributed by atoms with Gasteiger partial charge in [-0.1, -0.05) is 6.92 Å². The van der Waals surface area contributed by atoms with E-state index in [2.05, 4.69) is 16.8 Å². The highest BCUT2D eigenvalue weighted by Crippen LogP contribution is 2.24. The van der Waals surface area contributed by atoms with Crippen LogP contribution in [0, 0.1) is 5.92 Å². The summed E-state index contributed by atoms with van der Waals surface area (Å²) in [6.45, 7) is 5.56. The third kappa shape index (κ3) is 3.13. The molecule has 2 heterocycles. The lowest BCUT2D eigenvalue weighted by atomic mass is 9.99. The maximum atomic E-state index is 5.33. The van der Waals surface area contributed by atoms with E-state index in [1.807, 2.05) is 12.1 Å². The molecule has 100 valence electrons. The van der Waals surface area contributed by atoms with Crippen LogP contribution in [0.15, 0.2) is 12.1 Å².